The lowest BCUT2D eigenvalue weighted by Gasteiger charge is -2.41. The minimum atomic E-state index is -0.473. The number of hydrogen-bond acceptors (Lipinski definition) is 4. The van der Waals surface area contributed by atoms with Gasteiger partial charge in [-0.3, -0.25) is 14.6 Å². The van der Waals surface area contributed by atoms with Crippen LogP contribution in [0.2, 0.25) is 0 Å². The number of methoxy groups -OCH3 is 1. The molecule has 0 saturated carbocycles. The van der Waals surface area contributed by atoms with Gasteiger partial charge in [0.15, 0.2) is 0 Å². The number of carbonyl (C=O) groups is 2. The van der Waals surface area contributed by atoms with E-state index in [0.29, 0.717) is 25.1 Å². The molecule has 0 spiro atoms. The highest BCUT2D eigenvalue weighted by atomic mass is 16.5. The van der Waals surface area contributed by atoms with Crippen molar-refractivity contribution in [1.82, 2.24) is 10.3 Å². The molecule has 1 aliphatic heterocycles. The van der Waals surface area contributed by atoms with Gasteiger partial charge in [-0.1, -0.05) is 42.0 Å². The quantitative estimate of drug-likeness (QED) is 0.638. The number of aryl methyl sites for hydroxylation is 1. The number of hydrogen-bond donors (Lipinski definition) is 1. The van der Waals surface area contributed by atoms with E-state index in [-0.39, 0.29) is 11.8 Å². The molecule has 1 aliphatic rings. The molecule has 0 bridgehead atoms. The lowest BCUT2D eigenvalue weighted by atomic mass is 9.82. The third kappa shape index (κ3) is 4.49. The van der Waals surface area contributed by atoms with Crippen LogP contribution in [0.4, 0.5) is 5.69 Å². The first-order valence-electron chi connectivity index (χ1n) is 10.8. The van der Waals surface area contributed by atoms with Crippen molar-refractivity contribution in [1.29, 1.82) is 0 Å². The summed E-state index contributed by atoms with van der Waals surface area (Å²) in [4.78, 5) is 32.6. The van der Waals surface area contributed by atoms with E-state index in [0.717, 1.165) is 22.5 Å². The Morgan fingerprint density at radius 3 is 2.56 bits per heavy atom. The average Bonchev–Trinajstić information content (AvgIpc) is 2.83. The van der Waals surface area contributed by atoms with Gasteiger partial charge >= 0.3 is 0 Å². The number of anilines is 1. The minimum Gasteiger partial charge on any atom is -0.496 e. The number of aromatic nitrogens is 1. The lowest BCUT2D eigenvalue weighted by Crippen LogP contribution is -2.48. The standard InChI is InChI=1S/C26H27N3O3/c1-18-10-12-20(13-11-18)29-24(30)15-14-22(25(29)21-8-3-4-9-23(21)32-2)26(31)28-17-19-7-5-6-16-27-19/h3-13,16,22,25H,14-15,17H2,1-2H3,(H,28,31). The predicted octanol–water partition coefficient (Wildman–Crippen LogP) is 4.20. The van der Waals surface area contributed by atoms with E-state index >= 15 is 0 Å². The van der Waals surface area contributed by atoms with Gasteiger partial charge in [-0.25, -0.2) is 0 Å². The fourth-order valence-electron chi connectivity index (χ4n) is 4.25. The van der Waals surface area contributed by atoms with Gasteiger partial charge in [-0.05, 0) is 43.7 Å². The van der Waals surface area contributed by atoms with Crippen LogP contribution >= 0.6 is 0 Å². The van der Waals surface area contributed by atoms with Gasteiger partial charge in [-0.15, -0.1) is 0 Å². The Morgan fingerprint density at radius 2 is 1.84 bits per heavy atom. The van der Waals surface area contributed by atoms with Crippen LogP contribution in [-0.4, -0.2) is 23.9 Å². The van der Waals surface area contributed by atoms with Crippen molar-refractivity contribution in [3.63, 3.8) is 0 Å². The zero-order valence-electron chi connectivity index (χ0n) is 18.3. The van der Waals surface area contributed by atoms with E-state index in [1.54, 1.807) is 18.2 Å². The van der Waals surface area contributed by atoms with Gasteiger partial charge in [0.25, 0.3) is 0 Å². The fraction of sp³-hybridized carbons (Fsp3) is 0.269. The zero-order valence-corrected chi connectivity index (χ0v) is 18.3. The Morgan fingerprint density at radius 1 is 1.09 bits per heavy atom. The summed E-state index contributed by atoms with van der Waals surface area (Å²) < 4.78 is 5.61. The second-order valence-electron chi connectivity index (χ2n) is 7.97. The largest absolute Gasteiger partial charge is 0.496 e. The van der Waals surface area contributed by atoms with Crippen molar-refractivity contribution in [2.75, 3.05) is 12.0 Å². The smallest absolute Gasteiger partial charge is 0.227 e. The van der Waals surface area contributed by atoms with Crippen molar-refractivity contribution >= 4 is 17.5 Å². The Balaban J connectivity index is 1.71. The summed E-state index contributed by atoms with van der Waals surface area (Å²) >= 11 is 0. The second kappa shape index (κ2) is 9.64. The highest BCUT2D eigenvalue weighted by Gasteiger charge is 2.42. The van der Waals surface area contributed by atoms with E-state index in [9.17, 15) is 9.59 Å². The van der Waals surface area contributed by atoms with Crippen molar-refractivity contribution in [2.24, 2.45) is 5.92 Å². The molecule has 2 atom stereocenters. The summed E-state index contributed by atoms with van der Waals surface area (Å²) in [6, 6.07) is 20.6. The number of carbonyl (C=O) groups excluding carboxylic acids is 2. The van der Waals surface area contributed by atoms with Crippen molar-refractivity contribution < 1.29 is 14.3 Å². The van der Waals surface area contributed by atoms with Gasteiger partial charge in [0.05, 0.1) is 31.3 Å². The summed E-state index contributed by atoms with van der Waals surface area (Å²) in [5.41, 5.74) is 3.49. The molecule has 6 nitrogen and oxygen atoms in total. The van der Waals surface area contributed by atoms with Crippen LogP contribution in [-0.2, 0) is 16.1 Å². The third-order valence-corrected chi connectivity index (χ3v) is 5.87. The molecule has 3 aromatic rings. The molecule has 32 heavy (non-hydrogen) atoms. The topological polar surface area (TPSA) is 71.5 Å². The first-order valence-corrected chi connectivity index (χ1v) is 10.8. The molecule has 1 N–H and O–H groups in total. The molecule has 1 aromatic heterocycles. The van der Waals surface area contributed by atoms with Gasteiger partial charge < -0.3 is 15.0 Å². The van der Waals surface area contributed by atoms with Crippen LogP contribution in [0.15, 0.2) is 72.9 Å². The van der Waals surface area contributed by atoms with Gasteiger partial charge in [0.2, 0.25) is 11.8 Å². The molecular formula is C26H27N3O3. The monoisotopic (exact) mass is 429 g/mol. The first-order chi connectivity index (χ1) is 15.6. The van der Waals surface area contributed by atoms with Crippen LogP contribution in [0.25, 0.3) is 0 Å². The predicted molar refractivity (Wildman–Crippen MR) is 123 cm³/mol. The van der Waals surface area contributed by atoms with E-state index < -0.39 is 12.0 Å². The van der Waals surface area contributed by atoms with E-state index in [1.165, 1.54) is 0 Å². The maximum atomic E-state index is 13.4. The number of ether oxygens (including phenoxy) is 1. The molecule has 164 valence electrons. The first kappa shape index (κ1) is 21.6. The lowest BCUT2D eigenvalue weighted by molar-refractivity contribution is -0.129. The molecule has 0 aliphatic carbocycles. The summed E-state index contributed by atoms with van der Waals surface area (Å²) in [6.07, 6.45) is 2.48. The Labute approximate surface area is 188 Å². The number of piperidine rings is 1. The second-order valence-corrected chi connectivity index (χ2v) is 7.97. The summed E-state index contributed by atoms with van der Waals surface area (Å²) in [5, 5.41) is 3.02. The minimum absolute atomic E-state index is 0.00136. The van der Waals surface area contributed by atoms with E-state index in [4.69, 9.17) is 4.74 Å². The molecule has 1 fully saturated rings. The van der Waals surface area contributed by atoms with Gasteiger partial charge in [0, 0.05) is 23.9 Å². The van der Waals surface area contributed by atoms with Gasteiger partial charge in [-0.2, -0.15) is 0 Å². The van der Waals surface area contributed by atoms with E-state index in [1.807, 2.05) is 73.7 Å². The number of pyridine rings is 1. The molecule has 2 unspecified atom stereocenters. The SMILES string of the molecule is COc1ccccc1C1C(C(=O)NCc2ccccn2)CCC(=O)N1c1ccc(C)cc1. The molecular weight excluding hydrogens is 402 g/mol. The normalized spacial score (nSPS) is 18.3. The number of rotatable bonds is 6. The third-order valence-electron chi connectivity index (χ3n) is 5.87. The van der Waals surface area contributed by atoms with Crippen molar-refractivity contribution in [3.8, 4) is 5.75 Å². The highest BCUT2D eigenvalue weighted by Crippen LogP contribution is 2.43. The number of nitrogens with zero attached hydrogens (tertiary/aromatic N) is 2. The van der Waals surface area contributed by atoms with Gasteiger partial charge in [0.1, 0.15) is 5.75 Å². The number of para-hydroxylation sites is 1. The van der Waals surface area contributed by atoms with Crippen LogP contribution in [0.3, 0.4) is 0 Å². The van der Waals surface area contributed by atoms with Crippen molar-refractivity contribution in [2.45, 2.75) is 32.4 Å². The highest BCUT2D eigenvalue weighted by molar-refractivity contribution is 5.97. The van der Waals surface area contributed by atoms with Crippen LogP contribution in [0.1, 0.15) is 35.7 Å². The van der Waals surface area contributed by atoms with Crippen LogP contribution in [0, 0.1) is 12.8 Å². The molecule has 4 rings (SSSR count). The van der Waals surface area contributed by atoms with Crippen molar-refractivity contribution in [3.05, 3.63) is 89.7 Å². The maximum absolute atomic E-state index is 13.4. The molecule has 1 saturated heterocycles. The molecule has 2 heterocycles. The molecule has 6 heteroatoms. The summed E-state index contributed by atoms with van der Waals surface area (Å²) in [5.74, 6) is 0.135. The van der Waals surface area contributed by atoms with Crippen LogP contribution < -0.4 is 15.0 Å². The van der Waals surface area contributed by atoms with E-state index in [2.05, 4.69) is 10.3 Å². The molecule has 2 amide bonds. The zero-order chi connectivity index (χ0) is 22.5. The average molecular weight is 430 g/mol. The fourth-order valence-corrected chi connectivity index (χ4v) is 4.25. The molecule has 2 aromatic carbocycles. The van der Waals surface area contributed by atoms with Crippen LogP contribution in [0.5, 0.6) is 5.75 Å². The number of nitrogens with one attached hydrogen (secondary N) is 1. The summed E-state index contributed by atoms with van der Waals surface area (Å²) in [7, 11) is 1.61. The Hall–Kier alpha value is -3.67. The number of amides is 2. The number of benzene rings is 2. The summed E-state index contributed by atoms with van der Waals surface area (Å²) in [6.45, 7) is 2.35. The Bertz CT molecular complexity index is 1080. The molecule has 0 radical (unpaired) electrons. The Kier molecular flexibility index (Phi) is 6.50. The maximum Gasteiger partial charge on any atom is 0.227 e.